The summed E-state index contributed by atoms with van der Waals surface area (Å²) in [5.74, 6) is 2.03. The van der Waals surface area contributed by atoms with Crippen molar-refractivity contribution in [1.29, 1.82) is 10.5 Å². The maximum absolute atomic E-state index is 8.76. The molecule has 1 aromatic heterocycles. The minimum atomic E-state index is 0.138. The highest BCUT2D eigenvalue weighted by Crippen LogP contribution is 2.15. The van der Waals surface area contributed by atoms with Crippen LogP contribution in [0.25, 0.3) is 0 Å². The van der Waals surface area contributed by atoms with Gasteiger partial charge in [0.05, 0.1) is 12.1 Å². The summed E-state index contributed by atoms with van der Waals surface area (Å²) in [5.41, 5.74) is 0. The number of nitrogens with zero attached hydrogens (tertiary/aromatic N) is 5. The van der Waals surface area contributed by atoms with Crippen molar-refractivity contribution in [3.8, 4) is 12.1 Å². The largest absolute Gasteiger partial charge is 0.370 e. The Labute approximate surface area is 107 Å². The third-order valence-electron chi connectivity index (χ3n) is 2.28. The molecule has 0 fully saturated rings. The van der Waals surface area contributed by atoms with Crippen molar-refractivity contribution in [2.75, 3.05) is 29.9 Å². The lowest BCUT2D eigenvalue weighted by Gasteiger charge is -2.18. The fraction of sp³-hybridized carbons (Fsp3) is 0.500. The average Bonchev–Trinajstić information content (AvgIpc) is 2.38. The summed E-state index contributed by atoms with van der Waals surface area (Å²) in [6.07, 6.45) is 0.708. The molecule has 1 aromatic rings. The molecule has 6 nitrogen and oxygen atoms in total. The second-order valence-electron chi connectivity index (χ2n) is 3.58. The fourth-order valence-corrected chi connectivity index (χ4v) is 1.46. The summed E-state index contributed by atoms with van der Waals surface area (Å²) >= 11 is 0. The summed E-state index contributed by atoms with van der Waals surface area (Å²) in [6.45, 7) is 4.98. The highest BCUT2D eigenvalue weighted by Gasteiger charge is 2.10. The van der Waals surface area contributed by atoms with Crippen LogP contribution in [-0.2, 0) is 6.42 Å². The Morgan fingerprint density at radius 2 is 1.89 bits per heavy atom. The zero-order valence-electron chi connectivity index (χ0n) is 10.6. The van der Waals surface area contributed by atoms with Gasteiger partial charge in [0.25, 0.3) is 0 Å². The maximum Gasteiger partial charge on any atom is 0.136 e. The minimum Gasteiger partial charge on any atom is -0.370 e. The molecular formula is C12H16N6. The zero-order valence-corrected chi connectivity index (χ0v) is 10.6. The van der Waals surface area contributed by atoms with E-state index in [2.05, 4.69) is 15.3 Å². The van der Waals surface area contributed by atoms with E-state index in [0.717, 1.165) is 12.4 Å². The first-order valence-electron chi connectivity index (χ1n) is 5.85. The fourth-order valence-electron chi connectivity index (χ4n) is 1.46. The van der Waals surface area contributed by atoms with Gasteiger partial charge in [0.15, 0.2) is 0 Å². The number of nitrogens with one attached hydrogen (secondary N) is 1. The van der Waals surface area contributed by atoms with Gasteiger partial charge in [-0.25, -0.2) is 9.97 Å². The van der Waals surface area contributed by atoms with E-state index in [1.54, 1.807) is 11.0 Å². The van der Waals surface area contributed by atoms with Crippen LogP contribution < -0.4 is 10.2 Å². The Balaban J connectivity index is 3.08. The van der Waals surface area contributed by atoms with Crippen molar-refractivity contribution >= 4 is 11.6 Å². The van der Waals surface area contributed by atoms with E-state index in [9.17, 15) is 0 Å². The predicted molar refractivity (Wildman–Crippen MR) is 69.0 cm³/mol. The molecule has 0 amide bonds. The molecule has 0 aromatic carbocycles. The topological polar surface area (TPSA) is 88.6 Å². The van der Waals surface area contributed by atoms with Gasteiger partial charge in [-0.1, -0.05) is 6.92 Å². The van der Waals surface area contributed by atoms with Gasteiger partial charge in [0.2, 0.25) is 0 Å². The summed E-state index contributed by atoms with van der Waals surface area (Å²) in [5, 5.41) is 20.6. The summed E-state index contributed by atoms with van der Waals surface area (Å²) in [6, 6.07) is 5.83. The molecule has 0 aliphatic carbocycles. The van der Waals surface area contributed by atoms with Gasteiger partial charge >= 0.3 is 0 Å². The number of hydrogen-bond donors (Lipinski definition) is 1. The zero-order chi connectivity index (χ0) is 13.4. The standard InChI is InChI=1S/C12H16N6/c1-3-10-16-11(15-4-2)9-12(17-10)18(7-5-13)8-6-14/h9H,3-4,7-8H2,1-2H3,(H,15,16,17). The molecule has 0 aliphatic rings. The average molecular weight is 244 g/mol. The molecule has 18 heavy (non-hydrogen) atoms. The molecule has 1 N–H and O–H groups in total. The molecule has 94 valence electrons. The van der Waals surface area contributed by atoms with Gasteiger partial charge in [0.1, 0.15) is 30.5 Å². The summed E-state index contributed by atoms with van der Waals surface area (Å²) in [4.78, 5) is 10.3. The van der Waals surface area contributed by atoms with Crippen molar-refractivity contribution in [2.45, 2.75) is 20.3 Å². The Hall–Kier alpha value is -2.34. The molecule has 1 heterocycles. The molecule has 0 saturated carbocycles. The lowest BCUT2D eigenvalue weighted by Crippen LogP contribution is -2.25. The SMILES string of the molecule is CCNc1cc(N(CC#N)CC#N)nc(CC)n1. The monoisotopic (exact) mass is 244 g/mol. The van der Waals surface area contributed by atoms with Crippen LogP contribution in [0.3, 0.4) is 0 Å². The quantitative estimate of drug-likeness (QED) is 0.759. The van der Waals surface area contributed by atoms with Gasteiger partial charge in [-0.05, 0) is 6.92 Å². The molecule has 0 saturated heterocycles. The van der Waals surface area contributed by atoms with Crippen molar-refractivity contribution in [2.24, 2.45) is 0 Å². The molecular weight excluding hydrogens is 228 g/mol. The molecule has 6 heteroatoms. The van der Waals surface area contributed by atoms with E-state index in [0.29, 0.717) is 18.1 Å². The normalized spacial score (nSPS) is 9.33. The van der Waals surface area contributed by atoms with E-state index in [4.69, 9.17) is 10.5 Å². The summed E-state index contributed by atoms with van der Waals surface area (Å²) < 4.78 is 0. The Morgan fingerprint density at radius 3 is 2.39 bits per heavy atom. The van der Waals surface area contributed by atoms with Crippen molar-refractivity contribution < 1.29 is 0 Å². The number of hydrogen-bond acceptors (Lipinski definition) is 6. The van der Waals surface area contributed by atoms with Crippen LogP contribution in [0.15, 0.2) is 6.07 Å². The third-order valence-corrected chi connectivity index (χ3v) is 2.28. The minimum absolute atomic E-state index is 0.138. The Morgan fingerprint density at radius 1 is 1.22 bits per heavy atom. The van der Waals surface area contributed by atoms with E-state index in [-0.39, 0.29) is 13.1 Å². The predicted octanol–water partition coefficient (Wildman–Crippen LogP) is 1.32. The number of aromatic nitrogens is 2. The first kappa shape index (κ1) is 13.7. The highest BCUT2D eigenvalue weighted by molar-refractivity contribution is 5.50. The van der Waals surface area contributed by atoms with Crippen LogP contribution in [0.4, 0.5) is 11.6 Å². The molecule has 0 spiro atoms. The maximum atomic E-state index is 8.76. The molecule has 0 radical (unpaired) electrons. The van der Waals surface area contributed by atoms with E-state index in [1.807, 2.05) is 26.0 Å². The lowest BCUT2D eigenvalue weighted by molar-refractivity contribution is 0.877. The van der Waals surface area contributed by atoms with Gasteiger partial charge in [0, 0.05) is 19.0 Å². The highest BCUT2D eigenvalue weighted by atomic mass is 15.2. The second-order valence-corrected chi connectivity index (χ2v) is 3.58. The molecule has 0 bridgehead atoms. The first-order valence-corrected chi connectivity index (χ1v) is 5.85. The van der Waals surface area contributed by atoms with Crippen LogP contribution in [0.1, 0.15) is 19.7 Å². The lowest BCUT2D eigenvalue weighted by atomic mass is 10.4. The number of aryl methyl sites for hydroxylation is 1. The van der Waals surface area contributed by atoms with Crippen LogP contribution in [0.5, 0.6) is 0 Å². The molecule has 0 atom stereocenters. The van der Waals surface area contributed by atoms with Crippen LogP contribution in [0, 0.1) is 22.7 Å². The van der Waals surface area contributed by atoms with Crippen molar-refractivity contribution in [1.82, 2.24) is 9.97 Å². The van der Waals surface area contributed by atoms with Crippen molar-refractivity contribution in [3.63, 3.8) is 0 Å². The third kappa shape index (κ3) is 3.60. The number of rotatable bonds is 6. The Bertz CT molecular complexity index is 454. The van der Waals surface area contributed by atoms with Gasteiger partial charge in [-0.15, -0.1) is 0 Å². The van der Waals surface area contributed by atoms with Crippen molar-refractivity contribution in [3.05, 3.63) is 11.9 Å². The van der Waals surface area contributed by atoms with Crippen LogP contribution in [0.2, 0.25) is 0 Å². The van der Waals surface area contributed by atoms with E-state index >= 15 is 0 Å². The number of nitriles is 2. The van der Waals surface area contributed by atoms with E-state index in [1.165, 1.54) is 0 Å². The first-order chi connectivity index (χ1) is 8.74. The molecule has 1 rings (SSSR count). The van der Waals surface area contributed by atoms with Crippen LogP contribution >= 0.6 is 0 Å². The molecule has 0 unspecified atom stereocenters. The van der Waals surface area contributed by atoms with E-state index < -0.39 is 0 Å². The smallest absolute Gasteiger partial charge is 0.136 e. The second kappa shape index (κ2) is 7.08. The number of anilines is 2. The summed E-state index contributed by atoms with van der Waals surface area (Å²) in [7, 11) is 0. The molecule has 0 aliphatic heterocycles. The van der Waals surface area contributed by atoms with Gasteiger partial charge < -0.3 is 10.2 Å². The van der Waals surface area contributed by atoms with Gasteiger partial charge in [-0.3, -0.25) is 0 Å². The van der Waals surface area contributed by atoms with Crippen LogP contribution in [-0.4, -0.2) is 29.6 Å². The Kier molecular flexibility index (Phi) is 5.40. The van der Waals surface area contributed by atoms with Gasteiger partial charge in [-0.2, -0.15) is 10.5 Å².